The lowest BCUT2D eigenvalue weighted by Gasteiger charge is -2.12. The smallest absolute Gasteiger partial charge is 0.191 e. The molecule has 0 spiro atoms. The fraction of sp³-hybridized carbons (Fsp3) is 0.381. The SMILES string of the molecule is CCNC(=NCc1ccc(NCCOC)cc1)NCCc1ccccc1Cl.I. The number of guanidine groups is 1. The molecule has 0 saturated heterocycles. The Morgan fingerprint density at radius 3 is 2.46 bits per heavy atom. The van der Waals surface area contributed by atoms with Gasteiger partial charge in [0.2, 0.25) is 0 Å². The maximum absolute atomic E-state index is 6.21. The fourth-order valence-corrected chi connectivity index (χ4v) is 2.78. The van der Waals surface area contributed by atoms with E-state index in [1.165, 1.54) is 0 Å². The summed E-state index contributed by atoms with van der Waals surface area (Å²) < 4.78 is 5.04. The number of hydrogen-bond donors (Lipinski definition) is 3. The molecular weight excluding hydrogens is 487 g/mol. The second-order valence-electron chi connectivity index (χ2n) is 6.08. The maximum Gasteiger partial charge on any atom is 0.191 e. The Bertz CT molecular complexity index is 710. The summed E-state index contributed by atoms with van der Waals surface area (Å²) in [4.78, 5) is 4.66. The molecule has 2 rings (SSSR count). The summed E-state index contributed by atoms with van der Waals surface area (Å²) in [5, 5.41) is 10.8. The van der Waals surface area contributed by atoms with Crippen molar-refractivity contribution in [2.24, 2.45) is 4.99 Å². The van der Waals surface area contributed by atoms with Crippen molar-refractivity contribution < 1.29 is 4.74 Å². The second-order valence-corrected chi connectivity index (χ2v) is 6.49. The van der Waals surface area contributed by atoms with Crippen LogP contribution in [-0.2, 0) is 17.7 Å². The van der Waals surface area contributed by atoms with Crippen LogP contribution in [0, 0.1) is 0 Å². The van der Waals surface area contributed by atoms with Crippen LogP contribution >= 0.6 is 35.6 Å². The van der Waals surface area contributed by atoms with Crippen LogP contribution in [-0.4, -0.2) is 39.3 Å². The summed E-state index contributed by atoms with van der Waals surface area (Å²) in [5.74, 6) is 0.812. The fourth-order valence-electron chi connectivity index (χ4n) is 2.55. The van der Waals surface area contributed by atoms with E-state index >= 15 is 0 Å². The molecule has 5 nitrogen and oxygen atoms in total. The Hall–Kier alpha value is -1.51. The van der Waals surface area contributed by atoms with Gasteiger partial charge in [-0.05, 0) is 42.7 Å². The first kappa shape index (κ1) is 24.5. The third-order valence-electron chi connectivity index (χ3n) is 4.00. The van der Waals surface area contributed by atoms with E-state index in [9.17, 15) is 0 Å². The minimum atomic E-state index is 0. The molecule has 0 bridgehead atoms. The van der Waals surface area contributed by atoms with Crippen LogP contribution < -0.4 is 16.0 Å². The van der Waals surface area contributed by atoms with Gasteiger partial charge in [0.05, 0.1) is 13.2 Å². The highest BCUT2D eigenvalue weighted by Gasteiger charge is 2.01. The van der Waals surface area contributed by atoms with Crippen LogP contribution in [0.4, 0.5) is 5.69 Å². The molecule has 0 aliphatic rings. The molecule has 0 fully saturated rings. The lowest BCUT2D eigenvalue weighted by atomic mass is 10.1. The lowest BCUT2D eigenvalue weighted by Crippen LogP contribution is -2.38. The molecule has 7 heteroatoms. The van der Waals surface area contributed by atoms with Gasteiger partial charge in [0.25, 0.3) is 0 Å². The summed E-state index contributed by atoms with van der Waals surface area (Å²) in [6, 6.07) is 16.2. The van der Waals surface area contributed by atoms with Crippen LogP contribution in [0.1, 0.15) is 18.1 Å². The van der Waals surface area contributed by atoms with Crippen molar-refractivity contribution in [3.8, 4) is 0 Å². The van der Waals surface area contributed by atoms with Gasteiger partial charge < -0.3 is 20.7 Å². The Kier molecular flexibility index (Phi) is 12.7. The molecule has 154 valence electrons. The first-order valence-electron chi connectivity index (χ1n) is 9.30. The largest absolute Gasteiger partial charge is 0.383 e. The van der Waals surface area contributed by atoms with Crippen LogP contribution in [0.2, 0.25) is 5.02 Å². The molecule has 0 radical (unpaired) electrons. The molecule has 0 amide bonds. The highest BCUT2D eigenvalue weighted by atomic mass is 127. The quantitative estimate of drug-likeness (QED) is 0.191. The molecule has 0 aromatic heterocycles. The van der Waals surface area contributed by atoms with Crippen LogP contribution in [0.5, 0.6) is 0 Å². The van der Waals surface area contributed by atoms with Gasteiger partial charge in [-0.3, -0.25) is 0 Å². The molecule has 0 atom stereocenters. The second kappa shape index (κ2) is 14.5. The number of benzene rings is 2. The molecule has 28 heavy (non-hydrogen) atoms. The standard InChI is InChI=1S/C21H29ClN4O.HI/c1-3-23-21(25-13-12-18-6-4-5-7-20(18)22)26-16-17-8-10-19(11-9-17)24-14-15-27-2;/h4-11,24H,3,12-16H2,1-2H3,(H2,23,25,26);1H. The molecule has 0 heterocycles. The van der Waals surface area contributed by atoms with Gasteiger partial charge in [0.1, 0.15) is 0 Å². The number of rotatable bonds is 10. The van der Waals surface area contributed by atoms with Gasteiger partial charge in [0.15, 0.2) is 5.96 Å². The number of nitrogens with zero attached hydrogens (tertiary/aromatic N) is 1. The van der Waals surface area contributed by atoms with Crippen molar-refractivity contribution in [1.82, 2.24) is 10.6 Å². The van der Waals surface area contributed by atoms with Crippen molar-refractivity contribution in [1.29, 1.82) is 0 Å². The normalized spacial score (nSPS) is 10.9. The molecular formula is C21H30ClIN4O. The average Bonchev–Trinajstić information content (AvgIpc) is 2.69. The summed E-state index contributed by atoms with van der Waals surface area (Å²) in [6.07, 6.45) is 0.853. The number of nitrogens with one attached hydrogen (secondary N) is 3. The van der Waals surface area contributed by atoms with Crippen molar-refractivity contribution in [3.05, 3.63) is 64.7 Å². The number of aliphatic imine (C=N–C) groups is 1. The van der Waals surface area contributed by atoms with E-state index in [1.54, 1.807) is 7.11 Å². The zero-order valence-electron chi connectivity index (χ0n) is 16.5. The van der Waals surface area contributed by atoms with E-state index in [-0.39, 0.29) is 24.0 Å². The van der Waals surface area contributed by atoms with E-state index in [0.29, 0.717) is 13.2 Å². The van der Waals surface area contributed by atoms with Gasteiger partial charge in [-0.25, -0.2) is 4.99 Å². The predicted molar refractivity (Wildman–Crippen MR) is 130 cm³/mol. The summed E-state index contributed by atoms with van der Waals surface area (Å²) in [5.41, 5.74) is 3.39. The zero-order chi connectivity index (χ0) is 19.3. The van der Waals surface area contributed by atoms with Crippen LogP contribution in [0.15, 0.2) is 53.5 Å². The minimum absolute atomic E-state index is 0. The molecule has 2 aromatic carbocycles. The first-order chi connectivity index (χ1) is 13.2. The molecule has 0 aliphatic carbocycles. The Balaban J connectivity index is 0.00000392. The van der Waals surface area contributed by atoms with E-state index in [0.717, 1.165) is 53.9 Å². The number of ether oxygens (including phenoxy) is 1. The molecule has 3 N–H and O–H groups in total. The minimum Gasteiger partial charge on any atom is -0.383 e. The van der Waals surface area contributed by atoms with Gasteiger partial charge >= 0.3 is 0 Å². The molecule has 2 aromatic rings. The van der Waals surface area contributed by atoms with Gasteiger partial charge in [0, 0.05) is 37.5 Å². The number of methoxy groups -OCH3 is 1. The highest BCUT2D eigenvalue weighted by Crippen LogP contribution is 2.14. The van der Waals surface area contributed by atoms with Crippen molar-refractivity contribution in [2.45, 2.75) is 19.9 Å². The Labute approximate surface area is 190 Å². The van der Waals surface area contributed by atoms with E-state index in [1.807, 2.05) is 18.2 Å². The van der Waals surface area contributed by atoms with Crippen LogP contribution in [0.3, 0.4) is 0 Å². The van der Waals surface area contributed by atoms with E-state index in [4.69, 9.17) is 16.3 Å². The first-order valence-corrected chi connectivity index (χ1v) is 9.68. The molecule has 0 saturated carbocycles. The maximum atomic E-state index is 6.21. The predicted octanol–water partition coefficient (Wildman–Crippen LogP) is 4.31. The summed E-state index contributed by atoms with van der Waals surface area (Å²) >= 11 is 6.21. The van der Waals surface area contributed by atoms with Crippen molar-refractivity contribution in [2.75, 3.05) is 38.7 Å². The highest BCUT2D eigenvalue weighted by molar-refractivity contribution is 14.0. The average molecular weight is 517 g/mol. The lowest BCUT2D eigenvalue weighted by molar-refractivity contribution is 0.211. The van der Waals surface area contributed by atoms with Crippen LogP contribution in [0.25, 0.3) is 0 Å². The Morgan fingerprint density at radius 2 is 1.79 bits per heavy atom. The molecule has 0 unspecified atom stereocenters. The van der Waals surface area contributed by atoms with Gasteiger partial charge in [-0.2, -0.15) is 0 Å². The molecule has 0 aliphatic heterocycles. The van der Waals surface area contributed by atoms with Gasteiger partial charge in [-0.15, -0.1) is 24.0 Å². The summed E-state index contributed by atoms with van der Waals surface area (Å²) in [7, 11) is 1.70. The number of halogens is 2. The van der Waals surface area contributed by atoms with Crippen molar-refractivity contribution in [3.63, 3.8) is 0 Å². The third-order valence-corrected chi connectivity index (χ3v) is 4.37. The summed E-state index contributed by atoms with van der Waals surface area (Å²) in [6.45, 7) is 5.77. The monoisotopic (exact) mass is 516 g/mol. The third kappa shape index (κ3) is 9.12. The topological polar surface area (TPSA) is 57.7 Å². The van der Waals surface area contributed by atoms with Crippen molar-refractivity contribution >= 4 is 47.2 Å². The number of anilines is 1. The number of hydrogen-bond acceptors (Lipinski definition) is 3. The van der Waals surface area contributed by atoms with Gasteiger partial charge in [-0.1, -0.05) is 41.9 Å². The van der Waals surface area contributed by atoms with E-state index < -0.39 is 0 Å². The zero-order valence-corrected chi connectivity index (χ0v) is 19.6. The van der Waals surface area contributed by atoms with E-state index in [2.05, 4.69) is 58.2 Å². The Morgan fingerprint density at radius 1 is 1.04 bits per heavy atom.